The van der Waals surface area contributed by atoms with Gasteiger partial charge < -0.3 is 25.1 Å². The summed E-state index contributed by atoms with van der Waals surface area (Å²) in [5, 5.41) is 16.6. The number of carbonyl (C=O) groups excluding carboxylic acids is 3. The van der Waals surface area contributed by atoms with Gasteiger partial charge in [-0.3, -0.25) is 9.59 Å². The number of hydrogen-bond acceptors (Lipinski definition) is 6. The van der Waals surface area contributed by atoms with Crippen molar-refractivity contribution in [1.29, 1.82) is 0 Å². The molecule has 2 saturated heterocycles. The molecule has 3 aromatic rings. The largest absolute Gasteiger partial charge is 0.508 e. The first-order chi connectivity index (χ1) is 20.5. The maximum atomic E-state index is 14.3. The molecule has 0 bridgehead atoms. The molecule has 2 heterocycles. The number of benzene rings is 3. The molecule has 0 saturated carbocycles. The summed E-state index contributed by atoms with van der Waals surface area (Å²) >= 11 is 6.43. The van der Waals surface area contributed by atoms with E-state index in [1.54, 1.807) is 51.1 Å². The molecule has 5 rings (SSSR count). The van der Waals surface area contributed by atoms with Crippen molar-refractivity contribution in [2.75, 3.05) is 32.6 Å². The number of nitrogens with one attached hydrogen (secondary N) is 1. The normalized spacial score (nSPS) is 20.7. The van der Waals surface area contributed by atoms with Crippen LogP contribution in [0.1, 0.15) is 23.6 Å². The second-order valence-corrected chi connectivity index (χ2v) is 11.7. The maximum Gasteiger partial charge on any atom is 0.334 e. The van der Waals surface area contributed by atoms with Gasteiger partial charge in [0.25, 0.3) is 0 Å². The topological polar surface area (TPSA) is 99.7 Å². The molecule has 3 atom stereocenters. The van der Waals surface area contributed by atoms with Crippen LogP contribution in [0.3, 0.4) is 0 Å². The molecule has 11 heteroatoms. The number of amides is 4. The summed E-state index contributed by atoms with van der Waals surface area (Å²) in [6, 6.07) is 20.1. The monoisotopic (exact) mass is 604 g/mol. The van der Waals surface area contributed by atoms with Gasteiger partial charge in [0.2, 0.25) is 11.8 Å². The van der Waals surface area contributed by atoms with Gasteiger partial charge in [-0.05, 0) is 47.9 Å². The summed E-state index contributed by atoms with van der Waals surface area (Å²) in [4.78, 5) is 46.9. The van der Waals surface area contributed by atoms with Crippen molar-refractivity contribution in [1.82, 2.24) is 25.1 Å². The zero-order valence-electron chi connectivity index (χ0n) is 24.8. The van der Waals surface area contributed by atoms with E-state index < -0.39 is 18.2 Å². The van der Waals surface area contributed by atoms with E-state index in [1.165, 1.54) is 0 Å². The van der Waals surface area contributed by atoms with Crippen LogP contribution in [0.2, 0.25) is 5.02 Å². The number of likely N-dealkylation sites (N-methyl/N-ethyl adjacent to an activating group) is 1. The molecule has 2 fully saturated rings. The minimum atomic E-state index is -0.850. The molecule has 43 heavy (non-hydrogen) atoms. The van der Waals surface area contributed by atoms with Crippen molar-refractivity contribution in [3.63, 3.8) is 0 Å². The van der Waals surface area contributed by atoms with E-state index in [9.17, 15) is 19.5 Å². The van der Waals surface area contributed by atoms with Crippen molar-refractivity contribution in [2.45, 2.75) is 44.7 Å². The zero-order chi connectivity index (χ0) is 30.8. The average Bonchev–Trinajstić information content (AvgIpc) is 2.98. The third kappa shape index (κ3) is 6.25. The molecule has 0 radical (unpaired) electrons. The second kappa shape index (κ2) is 12.5. The van der Waals surface area contributed by atoms with Crippen LogP contribution < -0.4 is 10.2 Å². The molecule has 3 aromatic carbocycles. The number of rotatable bonds is 7. The van der Waals surface area contributed by atoms with Gasteiger partial charge in [-0.1, -0.05) is 60.1 Å². The van der Waals surface area contributed by atoms with Crippen molar-refractivity contribution in [3.05, 3.63) is 94.5 Å². The summed E-state index contributed by atoms with van der Waals surface area (Å²) in [6.45, 7) is 2.41. The van der Waals surface area contributed by atoms with Crippen LogP contribution >= 0.6 is 11.6 Å². The van der Waals surface area contributed by atoms with Gasteiger partial charge in [-0.25, -0.2) is 14.8 Å². The Labute approximate surface area is 257 Å². The number of anilines is 1. The predicted octanol–water partition coefficient (Wildman–Crippen LogP) is 3.68. The highest BCUT2D eigenvalue weighted by atomic mass is 35.5. The Balaban J connectivity index is 1.51. The summed E-state index contributed by atoms with van der Waals surface area (Å²) in [7, 11) is 5.52. The molecule has 10 nitrogen and oxygen atoms in total. The highest BCUT2D eigenvalue weighted by Gasteiger charge is 2.54. The van der Waals surface area contributed by atoms with Crippen LogP contribution in [0.15, 0.2) is 72.8 Å². The molecular weight excluding hydrogens is 568 g/mol. The van der Waals surface area contributed by atoms with Gasteiger partial charge in [0.05, 0.1) is 23.3 Å². The van der Waals surface area contributed by atoms with E-state index in [-0.39, 0.29) is 43.1 Å². The lowest BCUT2D eigenvalue weighted by atomic mass is 9.94. The number of phenols is 1. The predicted molar refractivity (Wildman–Crippen MR) is 165 cm³/mol. The van der Waals surface area contributed by atoms with Gasteiger partial charge in [-0.15, -0.1) is 0 Å². The summed E-state index contributed by atoms with van der Waals surface area (Å²) < 4.78 is 0. The van der Waals surface area contributed by atoms with Crippen molar-refractivity contribution < 1.29 is 19.5 Å². The fraction of sp³-hybridized carbons (Fsp3) is 0.344. The first-order valence-corrected chi connectivity index (χ1v) is 14.6. The number of fused-ring (bicyclic) bond motifs is 1. The van der Waals surface area contributed by atoms with Gasteiger partial charge in [0.15, 0.2) is 0 Å². The van der Waals surface area contributed by atoms with E-state index in [4.69, 9.17) is 11.6 Å². The number of urea groups is 1. The van der Waals surface area contributed by atoms with Crippen molar-refractivity contribution >= 4 is 35.1 Å². The van der Waals surface area contributed by atoms with Crippen LogP contribution in [0, 0.1) is 0 Å². The first-order valence-electron chi connectivity index (χ1n) is 14.2. The minimum absolute atomic E-state index is 0.0509. The lowest BCUT2D eigenvalue weighted by Crippen LogP contribution is -2.78. The minimum Gasteiger partial charge on any atom is -0.508 e. The van der Waals surface area contributed by atoms with Gasteiger partial charge in [-0.2, -0.15) is 0 Å². The fourth-order valence-corrected chi connectivity index (χ4v) is 6.16. The number of hydrogen-bond donors (Lipinski definition) is 2. The molecule has 2 N–H and O–H groups in total. The number of nitrogens with zero attached hydrogens (tertiary/aromatic N) is 5. The van der Waals surface area contributed by atoms with E-state index >= 15 is 0 Å². The maximum absolute atomic E-state index is 14.3. The fourth-order valence-electron chi connectivity index (χ4n) is 5.88. The molecule has 2 aliphatic heterocycles. The Morgan fingerprint density at radius 2 is 1.67 bits per heavy atom. The molecule has 0 aromatic heterocycles. The third-order valence-electron chi connectivity index (χ3n) is 8.09. The standard InChI is InChI=1S/C32H37ClN6O4/c1-21-30-38(29(41)20-36(4)39(30)32(43)34-18-23-8-6-5-7-9-23)28(16-22-10-13-25(40)14-11-22)31(42)37(21)19-24-12-15-26(33)27(17-24)35(2)3/h5-15,17,21,28,30,40H,16,18-20H2,1-4H3,(H,34,43). The zero-order valence-corrected chi connectivity index (χ0v) is 25.5. The van der Waals surface area contributed by atoms with Gasteiger partial charge in [0, 0.05) is 40.7 Å². The first kappa shape index (κ1) is 30.2. The van der Waals surface area contributed by atoms with E-state index in [2.05, 4.69) is 5.32 Å². The molecule has 2 aliphatic rings. The highest BCUT2D eigenvalue weighted by molar-refractivity contribution is 6.33. The van der Waals surface area contributed by atoms with Crippen LogP contribution in [-0.4, -0.2) is 88.7 Å². The number of piperazine rings is 1. The average molecular weight is 605 g/mol. The highest BCUT2D eigenvalue weighted by Crippen LogP contribution is 2.34. The Hall–Kier alpha value is -4.28. The molecular formula is C32H37ClN6O4. The second-order valence-electron chi connectivity index (χ2n) is 11.3. The quantitative estimate of drug-likeness (QED) is 0.427. The molecule has 3 unspecified atom stereocenters. The van der Waals surface area contributed by atoms with Gasteiger partial charge in [0.1, 0.15) is 18.0 Å². The van der Waals surface area contributed by atoms with Crippen molar-refractivity contribution in [2.24, 2.45) is 0 Å². The Morgan fingerprint density at radius 3 is 2.35 bits per heavy atom. The van der Waals surface area contributed by atoms with Gasteiger partial charge >= 0.3 is 6.03 Å². The van der Waals surface area contributed by atoms with Crippen molar-refractivity contribution in [3.8, 4) is 5.75 Å². The van der Waals surface area contributed by atoms with E-state index in [0.29, 0.717) is 11.6 Å². The number of phenolic OH excluding ortho intramolecular Hbond substituents is 1. The smallest absolute Gasteiger partial charge is 0.334 e. The number of carbonyl (C=O) groups is 3. The van der Waals surface area contributed by atoms with E-state index in [0.717, 1.165) is 22.4 Å². The summed E-state index contributed by atoms with van der Waals surface area (Å²) in [5.41, 5.74) is 3.44. The number of aromatic hydroxyl groups is 1. The lowest BCUT2D eigenvalue weighted by molar-refractivity contribution is -0.196. The molecule has 226 valence electrons. The van der Waals surface area contributed by atoms with Crippen LogP contribution in [0.25, 0.3) is 0 Å². The van der Waals surface area contributed by atoms with E-state index in [1.807, 2.05) is 74.4 Å². The number of halogens is 1. The van der Waals surface area contributed by atoms with Crippen LogP contribution in [0.5, 0.6) is 5.75 Å². The molecule has 0 aliphatic carbocycles. The third-order valence-corrected chi connectivity index (χ3v) is 8.41. The molecule has 0 spiro atoms. The Kier molecular flexibility index (Phi) is 8.79. The van der Waals surface area contributed by atoms with Crippen LogP contribution in [-0.2, 0) is 29.1 Å². The molecule has 4 amide bonds. The summed E-state index contributed by atoms with van der Waals surface area (Å²) in [6.07, 6.45) is -0.514. The lowest BCUT2D eigenvalue weighted by Gasteiger charge is -2.57. The Morgan fingerprint density at radius 1 is 1.00 bits per heavy atom. The SMILES string of the molecule is CC1C2N(C(=O)CN(C)N2C(=O)NCc2ccccc2)C(Cc2ccc(O)cc2)C(=O)N1Cc1ccc(Cl)c(N(C)C)c1. The summed E-state index contributed by atoms with van der Waals surface area (Å²) in [5.74, 6) is -0.325. The Bertz CT molecular complexity index is 1480. The van der Waals surface area contributed by atoms with Crippen LogP contribution in [0.4, 0.5) is 10.5 Å². The number of hydrazine groups is 1.